The first-order chi connectivity index (χ1) is 12.3. The summed E-state index contributed by atoms with van der Waals surface area (Å²) >= 11 is 0. The molecule has 2 atom stereocenters. The van der Waals surface area contributed by atoms with Crippen LogP contribution in [-0.2, 0) is 23.8 Å². The molecule has 27 heavy (non-hydrogen) atoms. The Labute approximate surface area is 161 Å². The van der Waals surface area contributed by atoms with E-state index in [0.717, 1.165) is 0 Å². The van der Waals surface area contributed by atoms with Crippen LogP contribution in [0, 0.1) is 0 Å². The molecule has 0 spiro atoms. The second kappa shape index (κ2) is 9.39. The predicted octanol–water partition coefficient (Wildman–Crippen LogP) is 2.25. The number of carbonyl (C=O) groups excluding carboxylic acids is 3. The third kappa shape index (κ3) is 8.15. The fourth-order valence-corrected chi connectivity index (χ4v) is 2.86. The number of hydrogen-bond donors (Lipinski definition) is 1. The maximum absolute atomic E-state index is 12.7. The Bertz CT molecular complexity index is 535. The third-order valence-electron chi connectivity index (χ3n) is 3.73. The molecular formula is C19H34N2O6. The molecule has 1 fully saturated rings. The average Bonchev–Trinajstić information content (AvgIpc) is 2.87. The summed E-state index contributed by atoms with van der Waals surface area (Å²) in [5.74, 6) is -0.802. The molecule has 1 N–H and O–H groups in total. The molecule has 8 heteroatoms. The smallest absolute Gasteiger partial charge is 0.411 e. The molecule has 0 aromatic carbocycles. The number of carbonyl (C=O) groups is 3. The monoisotopic (exact) mass is 386 g/mol. The summed E-state index contributed by atoms with van der Waals surface area (Å²) < 4.78 is 15.8. The first-order valence-electron chi connectivity index (χ1n) is 9.44. The van der Waals surface area contributed by atoms with E-state index in [-0.39, 0.29) is 25.2 Å². The van der Waals surface area contributed by atoms with Crippen molar-refractivity contribution in [3.05, 3.63) is 0 Å². The van der Waals surface area contributed by atoms with E-state index in [4.69, 9.17) is 14.2 Å². The molecule has 1 amide bonds. The summed E-state index contributed by atoms with van der Waals surface area (Å²) in [5.41, 5.74) is -1.23. The zero-order chi connectivity index (χ0) is 20.8. The SMILES string of the molecule is CCOC(=O)[C@@H]1CC[C@H](CNCC(=O)OC(C)(C)C)N1C(=O)OC(C)(C)C. The van der Waals surface area contributed by atoms with Crippen molar-refractivity contribution in [1.82, 2.24) is 10.2 Å². The molecule has 0 saturated carbocycles. The van der Waals surface area contributed by atoms with Crippen LogP contribution in [0.1, 0.15) is 61.3 Å². The number of amides is 1. The van der Waals surface area contributed by atoms with Crippen molar-refractivity contribution in [1.29, 1.82) is 0 Å². The number of nitrogens with one attached hydrogen (secondary N) is 1. The second-order valence-electron chi connectivity index (χ2n) is 8.60. The zero-order valence-corrected chi connectivity index (χ0v) is 17.6. The Morgan fingerprint density at radius 1 is 1.00 bits per heavy atom. The molecule has 0 aromatic rings. The van der Waals surface area contributed by atoms with Crippen LogP contribution in [0.25, 0.3) is 0 Å². The Morgan fingerprint density at radius 3 is 2.11 bits per heavy atom. The highest BCUT2D eigenvalue weighted by Gasteiger charge is 2.43. The Hall–Kier alpha value is -1.83. The lowest BCUT2D eigenvalue weighted by atomic mass is 10.2. The van der Waals surface area contributed by atoms with E-state index in [1.54, 1.807) is 48.5 Å². The van der Waals surface area contributed by atoms with Gasteiger partial charge in [0.15, 0.2) is 0 Å². The van der Waals surface area contributed by atoms with Gasteiger partial charge >= 0.3 is 18.0 Å². The molecule has 1 rings (SSSR count). The standard InChI is InChI=1S/C19H34N2O6/c1-8-25-16(23)14-10-9-13(21(14)17(24)27-19(5,6)7)11-20-12-15(22)26-18(2,3)4/h13-14,20H,8-12H2,1-7H3/t13-,14+/m1/s1. The molecule has 1 aliphatic rings. The third-order valence-corrected chi connectivity index (χ3v) is 3.73. The molecule has 1 heterocycles. The van der Waals surface area contributed by atoms with Crippen molar-refractivity contribution >= 4 is 18.0 Å². The summed E-state index contributed by atoms with van der Waals surface area (Å²) in [6.07, 6.45) is 0.558. The molecular weight excluding hydrogens is 352 g/mol. The van der Waals surface area contributed by atoms with E-state index in [1.165, 1.54) is 4.90 Å². The van der Waals surface area contributed by atoms with E-state index >= 15 is 0 Å². The minimum atomic E-state index is -0.673. The van der Waals surface area contributed by atoms with E-state index in [1.807, 2.05) is 0 Å². The van der Waals surface area contributed by atoms with E-state index < -0.39 is 29.3 Å². The molecule has 0 unspecified atom stereocenters. The summed E-state index contributed by atoms with van der Waals surface area (Å²) in [4.78, 5) is 38.2. The van der Waals surface area contributed by atoms with E-state index in [9.17, 15) is 14.4 Å². The minimum Gasteiger partial charge on any atom is -0.464 e. The molecule has 0 aromatic heterocycles. The molecule has 156 valence electrons. The molecule has 0 radical (unpaired) electrons. The van der Waals surface area contributed by atoms with Crippen molar-refractivity contribution in [2.75, 3.05) is 19.7 Å². The Morgan fingerprint density at radius 2 is 1.59 bits per heavy atom. The lowest BCUT2D eigenvalue weighted by Gasteiger charge is -2.31. The molecule has 0 bridgehead atoms. The number of nitrogens with zero attached hydrogens (tertiary/aromatic N) is 1. The fraction of sp³-hybridized carbons (Fsp3) is 0.842. The lowest BCUT2D eigenvalue weighted by Crippen LogP contribution is -2.50. The summed E-state index contributed by atoms with van der Waals surface area (Å²) in [6.45, 7) is 13.1. The first kappa shape index (κ1) is 23.2. The van der Waals surface area contributed by atoms with Crippen LogP contribution in [0.15, 0.2) is 0 Å². The van der Waals surface area contributed by atoms with Crippen molar-refractivity contribution in [3.63, 3.8) is 0 Å². The van der Waals surface area contributed by atoms with Crippen LogP contribution >= 0.6 is 0 Å². The number of hydrogen-bond acceptors (Lipinski definition) is 7. The van der Waals surface area contributed by atoms with Crippen molar-refractivity contribution in [3.8, 4) is 0 Å². The van der Waals surface area contributed by atoms with Gasteiger partial charge in [-0.15, -0.1) is 0 Å². The first-order valence-corrected chi connectivity index (χ1v) is 9.44. The van der Waals surface area contributed by atoms with Crippen molar-refractivity contribution < 1.29 is 28.6 Å². The van der Waals surface area contributed by atoms with Gasteiger partial charge in [-0.05, 0) is 61.3 Å². The summed E-state index contributed by atoms with van der Waals surface area (Å²) in [5, 5.41) is 3.01. The molecule has 1 aliphatic heterocycles. The molecule has 1 saturated heterocycles. The quantitative estimate of drug-likeness (QED) is 0.553. The van der Waals surface area contributed by atoms with Crippen molar-refractivity contribution in [2.45, 2.75) is 84.6 Å². The van der Waals surface area contributed by atoms with Gasteiger partial charge in [0.2, 0.25) is 0 Å². The van der Waals surface area contributed by atoms with Gasteiger partial charge in [-0.2, -0.15) is 0 Å². The van der Waals surface area contributed by atoms with Gasteiger partial charge in [0.25, 0.3) is 0 Å². The van der Waals surface area contributed by atoms with Gasteiger partial charge in [0.05, 0.1) is 13.2 Å². The average molecular weight is 386 g/mol. The van der Waals surface area contributed by atoms with Gasteiger partial charge in [0, 0.05) is 12.6 Å². The maximum Gasteiger partial charge on any atom is 0.411 e. The maximum atomic E-state index is 12.7. The lowest BCUT2D eigenvalue weighted by molar-refractivity contribution is -0.154. The van der Waals surface area contributed by atoms with E-state index in [2.05, 4.69) is 5.32 Å². The molecule has 8 nitrogen and oxygen atoms in total. The number of rotatable bonds is 6. The predicted molar refractivity (Wildman–Crippen MR) is 100 cm³/mol. The summed E-state index contributed by atoms with van der Waals surface area (Å²) in [7, 11) is 0. The van der Waals surface area contributed by atoms with Gasteiger partial charge in [-0.25, -0.2) is 9.59 Å². The van der Waals surface area contributed by atoms with Gasteiger partial charge < -0.3 is 19.5 Å². The minimum absolute atomic E-state index is 0.0278. The topological polar surface area (TPSA) is 94.2 Å². The van der Waals surface area contributed by atoms with Crippen LogP contribution < -0.4 is 5.32 Å². The van der Waals surface area contributed by atoms with Gasteiger partial charge in [0.1, 0.15) is 17.2 Å². The van der Waals surface area contributed by atoms with Crippen LogP contribution in [0.5, 0.6) is 0 Å². The van der Waals surface area contributed by atoms with Gasteiger partial charge in [-0.3, -0.25) is 9.69 Å². The Kier molecular flexibility index (Phi) is 8.07. The number of likely N-dealkylation sites (tertiary alicyclic amines) is 1. The molecule has 0 aliphatic carbocycles. The summed E-state index contributed by atoms with van der Waals surface area (Å²) in [6, 6.07) is -0.940. The second-order valence-corrected chi connectivity index (χ2v) is 8.60. The highest BCUT2D eigenvalue weighted by atomic mass is 16.6. The fourth-order valence-electron chi connectivity index (χ4n) is 2.86. The zero-order valence-electron chi connectivity index (χ0n) is 17.6. The highest BCUT2D eigenvalue weighted by Crippen LogP contribution is 2.27. The van der Waals surface area contributed by atoms with Crippen LogP contribution in [0.3, 0.4) is 0 Å². The van der Waals surface area contributed by atoms with Crippen LogP contribution in [0.4, 0.5) is 4.79 Å². The van der Waals surface area contributed by atoms with E-state index in [0.29, 0.717) is 19.4 Å². The highest BCUT2D eigenvalue weighted by molar-refractivity contribution is 5.82. The number of ether oxygens (including phenoxy) is 3. The van der Waals surface area contributed by atoms with Crippen molar-refractivity contribution in [2.24, 2.45) is 0 Å². The van der Waals surface area contributed by atoms with Crippen LogP contribution in [0.2, 0.25) is 0 Å². The van der Waals surface area contributed by atoms with Crippen LogP contribution in [-0.4, -0.2) is 65.9 Å². The largest absolute Gasteiger partial charge is 0.464 e. The van der Waals surface area contributed by atoms with Gasteiger partial charge in [-0.1, -0.05) is 0 Å². The normalized spacial score (nSPS) is 20.3. The Balaban J connectivity index is 2.74. The number of esters is 2.